The average Bonchev–Trinajstić information content (AvgIpc) is 3.36. The monoisotopic (exact) mass is 1020 g/mol. The lowest BCUT2D eigenvalue weighted by molar-refractivity contribution is -0.693. The van der Waals surface area contributed by atoms with Crippen LogP contribution in [-0.2, 0) is 33.3 Å². The summed E-state index contributed by atoms with van der Waals surface area (Å²) in [5, 5.41) is 11.3. The van der Waals surface area contributed by atoms with Crippen molar-refractivity contribution in [1.29, 1.82) is 0 Å². The van der Waals surface area contributed by atoms with Crippen molar-refractivity contribution in [2.45, 2.75) is 50.6 Å². The van der Waals surface area contributed by atoms with E-state index in [2.05, 4.69) is 21.3 Å². The summed E-state index contributed by atoms with van der Waals surface area (Å²) >= 11 is 0. The van der Waals surface area contributed by atoms with Crippen LogP contribution < -0.4 is 39.9 Å². The van der Waals surface area contributed by atoms with Crippen LogP contribution in [-0.4, -0.2) is 63.8 Å². The Kier molecular flexibility index (Phi) is 19.0. The van der Waals surface area contributed by atoms with Gasteiger partial charge in [-0.05, 0) is 113 Å². The standard InChI is InChI=1S/C38H36N6O6.2C7H8O3S/c1-5-43-19-7-9-29(23-43)41-37(47)31-17-15-27(21-33(31)49-3)39-35(45)25-11-13-26(14-12-25)36(46)40-28-16-18-32(34(22-28)50-4)38(48)42-30-10-8-20-44(6-2)24-30;2*1-6-2-4-7(5-3-6)11(8,9)10/h7-24H,5-6H2,1-4H3,(H2-2,39,40,41,42,45,46,47,48);2*2-5H,1H3,(H,8,9,10). The number of aryl methyl sites for hydroxylation is 4. The van der Waals surface area contributed by atoms with Gasteiger partial charge in [0.05, 0.1) is 35.1 Å². The molecular weight excluding hydrogens is 965 g/mol. The van der Waals surface area contributed by atoms with Crippen molar-refractivity contribution in [2.24, 2.45) is 0 Å². The van der Waals surface area contributed by atoms with Crippen LogP contribution in [0.25, 0.3) is 0 Å². The zero-order valence-electron chi connectivity index (χ0n) is 40.0. The maximum atomic E-state index is 13.0. The molecule has 5 aromatic carbocycles. The average molecular weight is 1020 g/mol. The van der Waals surface area contributed by atoms with Gasteiger partial charge in [0.2, 0.25) is 0 Å². The lowest BCUT2D eigenvalue weighted by atomic mass is 10.1. The molecule has 2 aromatic heterocycles. The van der Waals surface area contributed by atoms with E-state index in [1.807, 2.05) is 73.7 Å². The molecule has 7 rings (SSSR count). The Morgan fingerprint density at radius 1 is 0.472 bits per heavy atom. The van der Waals surface area contributed by atoms with E-state index in [1.165, 1.54) is 62.8 Å². The Morgan fingerprint density at radius 3 is 1.11 bits per heavy atom. The number of nitrogens with zero attached hydrogens (tertiary/aromatic N) is 2. The molecule has 0 fully saturated rings. The molecule has 0 atom stereocenters. The number of pyridine rings is 2. The number of ether oxygens (including phenoxy) is 2. The Bertz CT molecular complexity index is 3060. The largest absolute Gasteiger partial charge is 0.744 e. The Hall–Kier alpha value is -8.30. The van der Waals surface area contributed by atoms with Gasteiger partial charge in [0, 0.05) is 46.8 Å². The summed E-state index contributed by atoms with van der Waals surface area (Å²) in [7, 11) is -5.64. The van der Waals surface area contributed by atoms with Gasteiger partial charge in [-0.15, -0.1) is 0 Å². The fraction of sp³-hybridized carbons (Fsp3) is 0.154. The second kappa shape index (κ2) is 25.0. The number of amides is 4. The van der Waals surface area contributed by atoms with Crippen molar-refractivity contribution in [2.75, 3.05) is 35.5 Å². The first-order valence-electron chi connectivity index (χ1n) is 22.0. The number of aromatic nitrogens is 2. The van der Waals surface area contributed by atoms with Crippen LogP contribution in [0.5, 0.6) is 11.5 Å². The van der Waals surface area contributed by atoms with Crippen LogP contribution >= 0.6 is 0 Å². The van der Waals surface area contributed by atoms with Gasteiger partial charge in [0.1, 0.15) is 56.2 Å². The van der Waals surface area contributed by atoms with Crippen molar-refractivity contribution in [3.8, 4) is 11.5 Å². The molecule has 18 nitrogen and oxygen atoms in total. The number of carbonyl (C=O) groups excluding carboxylic acids is 4. The molecule has 0 aliphatic heterocycles. The molecule has 0 aliphatic rings. The lowest BCUT2D eigenvalue weighted by Crippen LogP contribution is -2.31. The van der Waals surface area contributed by atoms with Crippen molar-refractivity contribution >= 4 is 66.6 Å². The molecule has 0 spiro atoms. The highest BCUT2D eigenvalue weighted by Crippen LogP contribution is 2.27. The van der Waals surface area contributed by atoms with E-state index in [0.29, 0.717) is 45.0 Å². The zero-order valence-corrected chi connectivity index (χ0v) is 41.7. The number of benzene rings is 5. The molecule has 72 heavy (non-hydrogen) atoms. The first-order valence-corrected chi connectivity index (χ1v) is 24.8. The van der Waals surface area contributed by atoms with Gasteiger partial charge in [-0.1, -0.05) is 35.4 Å². The number of hydrogen-bond acceptors (Lipinski definition) is 12. The third-order valence-corrected chi connectivity index (χ3v) is 12.1. The van der Waals surface area contributed by atoms with Gasteiger partial charge in [-0.3, -0.25) is 19.2 Å². The molecule has 0 radical (unpaired) electrons. The van der Waals surface area contributed by atoms with Crippen LogP contribution in [0, 0.1) is 13.8 Å². The minimum Gasteiger partial charge on any atom is -0.744 e. The van der Waals surface area contributed by atoms with E-state index in [1.54, 1.807) is 72.8 Å². The molecule has 7 aromatic rings. The zero-order chi connectivity index (χ0) is 52.6. The van der Waals surface area contributed by atoms with Gasteiger partial charge in [-0.25, -0.2) is 26.0 Å². The Labute approximate surface area is 417 Å². The quantitative estimate of drug-likeness (QED) is 0.0627. The van der Waals surface area contributed by atoms with Gasteiger partial charge in [-0.2, -0.15) is 0 Å². The minimum absolute atomic E-state index is 0.178. The van der Waals surface area contributed by atoms with E-state index in [0.717, 1.165) is 24.2 Å². The second-order valence-corrected chi connectivity index (χ2v) is 18.4. The van der Waals surface area contributed by atoms with Crippen LogP contribution in [0.3, 0.4) is 0 Å². The van der Waals surface area contributed by atoms with E-state index in [4.69, 9.17) is 9.47 Å². The fourth-order valence-electron chi connectivity index (χ4n) is 6.48. The smallest absolute Gasteiger partial charge is 0.259 e. The van der Waals surface area contributed by atoms with Crippen LogP contribution in [0.2, 0.25) is 0 Å². The minimum atomic E-state index is -4.27. The highest BCUT2D eigenvalue weighted by atomic mass is 32.2. The van der Waals surface area contributed by atoms with Crippen LogP contribution in [0.15, 0.2) is 168 Å². The highest BCUT2D eigenvalue weighted by molar-refractivity contribution is 7.86. The Balaban J connectivity index is 0.000000357. The van der Waals surface area contributed by atoms with Gasteiger partial charge >= 0.3 is 0 Å². The first kappa shape index (κ1) is 54.6. The maximum absolute atomic E-state index is 13.0. The summed E-state index contributed by atoms with van der Waals surface area (Å²) in [5.41, 5.74) is 5.23. The number of anilines is 4. The highest BCUT2D eigenvalue weighted by Gasteiger charge is 2.18. The summed E-state index contributed by atoms with van der Waals surface area (Å²) in [4.78, 5) is 51.6. The second-order valence-electron chi connectivity index (χ2n) is 15.6. The maximum Gasteiger partial charge on any atom is 0.259 e. The number of methoxy groups -OCH3 is 2. The number of hydrogen-bond donors (Lipinski definition) is 4. The van der Waals surface area contributed by atoms with Gasteiger partial charge in [0.15, 0.2) is 24.8 Å². The predicted octanol–water partition coefficient (Wildman–Crippen LogP) is 7.13. The SMILES string of the molecule is CC[n+]1cccc(NC(=O)c2ccc(NC(=O)c3ccc(C(=O)Nc4ccc(C(=O)Nc5ccc[n+](CC)c5)c(OC)c4)cc3)cc2OC)c1.Cc1ccc(S(=O)(=O)[O-])cc1.Cc1ccc(S(=O)(=O)[O-])cc1. The first-order chi connectivity index (χ1) is 34.2. The molecule has 374 valence electrons. The third-order valence-electron chi connectivity index (χ3n) is 10.4. The van der Waals surface area contributed by atoms with E-state index < -0.39 is 32.1 Å². The molecule has 20 heteroatoms. The molecule has 0 unspecified atom stereocenters. The fourth-order valence-corrected chi connectivity index (χ4v) is 7.42. The van der Waals surface area contributed by atoms with Gasteiger partial charge in [0.25, 0.3) is 23.6 Å². The molecule has 4 N–H and O–H groups in total. The molecule has 0 aliphatic carbocycles. The summed E-state index contributed by atoms with van der Waals surface area (Å²) in [6.07, 6.45) is 7.48. The molecular formula is C52H52N6O12S2. The number of carbonyl (C=O) groups is 4. The Morgan fingerprint density at radius 2 is 0.806 bits per heavy atom. The molecule has 2 heterocycles. The van der Waals surface area contributed by atoms with Crippen molar-refractivity contribution in [1.82, 2.24) is 0 Å². The van der Waals surface area contributed by atoms with E-state index >= 15 is 0 Å². The summed E-state index contributed by atoms with van der Waals surface area (Å²) in [5.74, 6) is -0.952. The third kappa shape index (κ3) is 15.9. The predicted molar refractivity (Wildman–Crippen MR) is 267 cm³/mol. The van der Waals surface area contributed by atoms with Crippen molar-refractivity contribution in [3.63, 3.8) is 0 Å². The molecule has 0 saturated heterocycles. The molecule has 4 amide bonds. The summed E-state index contributed by atoms with van der Waals surface area (Å²) in [6, 6.07) is 34.5. The van der Waals surface area contributed by atoms with E-state index in [-0.39, 0.29) is 33.1 Å². The lowest BCUT2D eigenvalue weighted by Gasteiger charge is -2.13. The molecule has 0 bridgehead atoms. The summed E-state index contributed by atoms with van der Waals surface area (Å²) in [6.45, 7) is 9.18. The summed E-state index contributed by atoms with van der Waals surface area (Å²) < 4.78 is 77.1. The molecule has 0 saturated carbocycles. The van der Waals surface area contributed by atoms with Crippen molar-refractivity contribution < 1.29 is 63.7 Å². The number of nitrogens with one attached hydrogen (secondary N) is 4. The topological polar surface area (TPSA) is 257 Å². The number of rotatable bonds is 14. The van der Waals surface area contributed by atoms with Crippen molar-refractivity contribution in [3.05, 3.63) is 192 Å². The van der Waals surface area contributed by atoms with E-state index in [9.17, 15) is 45.1 Å². The normalized spacial score (nSPS) is 10.8. The van der Waals surface area contributed by atoms with Crippen LogP contribution in [0.4, 0.5) is 22.7 Å². The van der Waals surface area contributed by atoms with Gasteiger partial charge < -0.3 is 39.8 Å². The van der Waals surface area contributed by atoms with Crippen LogP contribution in [0.1, 0.15) is 66.4 Å².